The Bertz CT molecular complexity index is 789. The third kappa shape index (κ3) is 4.05. The zero-order chi connectivity index (χ0) is 18.5. The van der Waals surface area contributed by atoms with E-state index in [1.54, 1.807) is 36.4 Å². The summed E-state index contributed by atoms with van der Waals surface area (Å²) in [5, 5.41) is 11.2. The van der Waals surface area contributed by atoms with Crippen LogP contribution in [0.15, 0.2) is 42.7 Å². The van der Waals surface area contributed by atoms with Crippen molar-refractivity contribution in [2.24, 2.45) is 0 Å². The van der Waals surface area contributed by atoms with E-state index < -0.39 is 4.92 Å². The number of hydrogen-bond acceptors (Lipinski definition) is 5. The first-order chi connectivity index (χ1) is 12.6. The number of pyridine rings is 1. The van der Waals surface area contributed by atoms with Gasteiger partial charge in [0.15, 0.2) is 0 Å². The molecule has 1 aromatic carbocycles. The molecule has 1 fully saturated rings. The van der Waals surface area contributed by atoms with Crippen LogP contribution in [-0.4, -0.2) is 40.0 Å². The topological polar surface area (TPSA) is 85.6 Å². The van der Waals surface area contributed by atoms with Gasteiger partial charge in [-0.3, -0.25) is 19.9 Å². The van der Waals surface area contributed by atoms with E-state index in [2.05, 4.69) is 4.98 Å². The fourth-order valence-corrected chi connectivity index (χ4v) is 3.19. The fraction of sp³-hybridized carbons (Fsp3) is 0.368. The predicted octanol–water partition coefficient (Wildman–Crippen LogP) is 3.12. The normalized spacial score (nSPS) is 16.4. The van der Waals surface area contributed by atoms with Gasteiger partial charge in [-0.2, -0.15) is 0 Å². The second-order valence-electron chi connectivity index (χ2n) is 6.39. The van der Waals surface area contributed by atoms with Gasteiger partial charge in [-0.05, 0) is 37.5 Å². The monoisotopic (exact) mass is 355 g/mol. The fourth-order valence-electron chi connectivity index (χ4n) is 3.19. The minimum absolute atomic E-state index is 0.00498. The molecule has 7 heteroatoms. The molecule has 0 saturated carbocycles. The first-order valence-corrected chi connectivity index (χ1v) is 8.60. The number of nitrogens with zero attached hydrogens (tertiary/aromatic N) is 3. The molecule has 0 N–H and O–H groups in total. The molecule has 1 aliphatic heterocycles. The number of benzene rings is 1. The number of aromatic nitrogens is 1. The smallest absolute Gasteiger partial charge is 0.273 e. The zero-order valence-electron chi connectivity index (χ0n) is 14.6. The first kappa shape index (κ1) is 18.0. The van der Waals surface area contributed by atoms with Gasteiger partial charge >= 0.3 is 0 Å². The minimum atomic E-state index is -0.461. The summed E-state index contributed by atoms with van der Waals surface area (Å²) in [6, 6.07) is 8.33. The van der Waals surface area contributed by atoms with E-state index in [4.69, 9.17) is 4.74 Å². The number of nitro groups is 1. The molecule has 1 saturated heterocycles. The highest BCUT2D eigenvalue weighted by Crippen LogP contribution is 2.24. The second kappa shape index (κ2) is 8.05. The molecule has 1 atom stereocenters. The average molecular weight is 355 g/mol. The van der Waals surface area contributed by atoms with Crippen molar-refractivity contribution >= 4 is 11.6 Å². The largest absolute Gasteiger partial charge is 0.376 e. The number of rotatable bonds is 6. The van der Waals surface area contributed by atoms with Gasteiger partial charge in [0.05, 0.1) is 11.0 Å². The highest BCUT2D eigenvalue weighted by atomic mass is 16.6. The molecule has 0 radical (unpaired) electrons. The lowest BCUT2D eigenvalue weighted by Gasteiger charge is -2.26. The van der Waals surface area contributed by atoms with Crippen LogP contribution in [0.5, 0.6) is 0 Å². The Kier molecular flexibility index (Phi) is 5.58. The van der Waals surface area contributed by atoms with Crippen LogP contribution in [0.2, 0.25) is 0 Å². The van der Waals surface area contributed by atoms with E-state index in [1.807, 2.05) is 12.1 Å². The summed E-state index contributed by atoms with van der Waals surface area (Å²) in [7, 11) is 0. The van der Waals surface area contributed by atoms with Crippen molar-refractivity contribution in [1.82, 2.24) is 9.88 Å². The van der Waals surface area contributed by atoms with Gasteiger partial charge in [0, 0.05) is 49.3 Å². The molecule has 1 amide bonds. The molecular formula is C19H21N3O4. The number of ether oxygens (including phenoxy) is 1. The van der Waals surface area contributed by atoms with Crippen LogP contribution in [0.4, 0.5) is 5.69 Å². The molecule has 0 spiro atoms. The lowest BCUT2D eigenvalue weighted by atomic mass is 10.0. The van der Waals surface area contributed by atoms with Gasteiger partial charge in [-0.15, -0.1) is 0 Å². The Balaban J connectivity index is 1.88. The third-order valence-electron chi connectivity index (χ3n) is 4.56. The molecule has 2 heterocycles. The summed E-state index contributed by atoms with van der Waals surface area (Å²) in [5.41, 5.74) is 1.59. The molecule has 1 aromatic heterocycles. The van der Waals surface area contributed by atoms with Crippen molar-refractivity contribution in [3.05, 3.63) is 69.5 Å². The van der Waals surface area contributed by atoms with Crippen LogP contribution in [-0.2, 0) is 11.3 Å². The Morgan fingerprint density at radius 3 is 2.88 bits per heavy atom. The lowest BCUT2D eigenvalue weighted by Crippen LogP contribution is -2.37. The molecule has 26 heavy (non-hydrogen) atoms. The minimum Gasteiger partial charge on any atom is -0.376 e. The zero-order valence-corrected chi connectivity index (χ0v) is 14.6. The van der Waals surface area contributed by atoms with Crippen molar-refractivity contribution in [3.63, 3.8) is 0 Å². The summed E-state index contributed by atoms with van der Waals surface area (Å²) >= 11 is 0. The van der Waals surface area contributed by atoms with Gasteiger partial charge in [-0.1, -0.05) is 12.1 Å². The third-order valence-corrected chi connectivity index (χ3v) is 4.56. The quantitative estimate of drug-likeness (QED) is 0.587. The van der Waals surface area contributed by atoms with Gasteiger partial charge in [-0.25, -0.2) is 0 Å². The lowest BCUT2D eigenvalue weighted by molar-refractivity contribution is -0.385. The Morgan fingerprint density at radius 1 is 1.38 bits per heavy atom. The Morgan fingerprint density at radius 2 is 2.23 bits per heavy atom. The molecule has 0 bridgehead atoms. The summed E-state index contributed by atoms with van der Waals surface area (Å²) in [6.07, 6.45) is 5.28. The van der Waals surface area contributed by atoms with Gasteiger partial charge in [0.25, 0.3) is 11.6 Å². The van der Waals surface area contributed by atoms with Crippen LogP contribution in [0.25, 0.3) is 0 Å². The van der Waals surface area contributed by atoms with E-state index in [1.165, 1.54) is 6.07 Å². The number of hydrogen-bond donors (Lipinski definition) is 0. The number of nitro benzene ring substituents is 1. The molecular weight excluding hydrogens is 334 g/mol. The summed E-state index contributed by atoms with van der Waals surface area (Å²) in [6.45, 7) is 3.15. The van der Waals surface area contributed by atoms with Crippen molar-refractivity contribution in [2.75, 3.05) is 13.2 Å². The van der Waals surface area contributed by atoms with Crippen LogP contribution in [0.3, 0.4) is 0 Å². The number of amides is 1. The van der Waals surface area contributed by atoms with Crippen molar-refractivity contribution in [3.8, 4) is 0 Å². The maximum atomic E-state index is 13.2. The van der Waals surface area contributed by atoms with Crippen LogP contribution in [0, 0.1) is 17.0 Å². The maximum Gasteiger partial charge on any atom is 0.273 e. The molecule has 1 unspecified atom stereocenters. The van der Waals surface area contributed by atoms with Crippen LogP contribution in [0.1, 0.15) is 34.3 Å². The highest BCUT2D eigenvalue weighted by Gasteiger charge is 2.26. The average Bonchev–Trinajstić information content (AvgIpc) is 3.14. The van der Waals surface area contributed by atoms with E-state index in [0.717, 1.165) is 18.4 Å². The summed E-state index contributed by atoms with van der Waals surface area (Å²) in [4.78, 5) is 29.7. The highest BCUT2D eigenvalue weighted by molar-refractivity contribution is 5.96. The molecule has 1 aliphatic rings. The van der Waals surface area contributed by atoms with Crippen LogP contribution < -0.4 is 0 Å². The molecule has 3 rings (SSSR count). The van der Waals surface area contributed by atoms with E-state index >= 15 is 0 Å². The van der Waals surface area contributed by atoms with Crippen molar-refractivity contribution < 1.29 is 14.5 Å². The number of carbonyl (C=O) groups is 1. The Labute approximate surface area is 151 Å². The van der Waals surface area contributed by atoms with Crippen molar-refractivity contribution in [1.29, 1.82) is 0 Å². The SMILES string of the molecule is Cc1c(C(=O)N(Cc2cccnc2)CC2CCCO2)cccc1[N+](=O)[O-]. The second-order valence-corrected chi connectivity index (χ2v) is 6.39. The predicted molar refractivity (Wildman–Crippen MR) is 95.8 cm³/mol. The molecule has 7 nitrogen and oxygen atoms in total. The standard InChI is InChI=1S/C19H21N3O4/c1-14-17(7-2-8-18(14)22(24)25)19(23)21(13-16-6-4-10-26-16)12-15-5-3-9-20-11-15/h2-3,5,7-9,11,16H,4,6,10,12-13H2,1H3. The molecule has 0 aliphatic carbocycles. The summed E-state index contributed by atoms with van der Waals surface area (Å²) < 4.78 is 5.68. The maximum absolute atomic E-state index is 13.2. The van der Waals surface area contributed by atoms with Crippen molar-refractivity contribution in [2.45, 2.75) is 32.4 Å². The summed E-state index contributed by atoms with van der Waals surface area (Å²) in [5.74, 6) is -0.231. The first-order valence-electron chi connectivity index (χ1n) is 8.60. The van der Waals surface area contributed by atoms with E-state index in [0.29, 0.717) is 30.8 Å². The Hall–Kier alpha value is -2.80. The number of carbonyl (C=O) groups excluding carboxylic acids is 1. The van der Waals surface area contributed by atoms with Gasteiger partial charge < -0.3 is 9.64 Å². The van der Waals surface area contributed by atoms with Crippen LogP contribution >= 0.6 is 0 Å². The van der Waals surface area contributed by atoms with Gasteiger partial charge in [0.2, 0.25) is 0 Å². The van der Waals surface area contributed by atoms with E-state index in [-0.39, 0.29) is 17.7 Å². The van der Waals surface area contributed by atoms with E-state index in [9.17, 15) is 14.9 Å². The molecule has 2 aromatic rings. The van der Waals surface area contributed by atoms with Gasteiger partial charge in [0.1, 0.15) is 0 Å². The molecule has 136 valence electrons.